The van der Waals surface area contributed by atoms with E-state index < -0.39 is 0 Å². The molecular weight excluding hydrogens is 294 g/mol. The summed E-state index contributed by atoms with van der Waals surface area (Å²) in [6, 6.07) is 2.18. The minimum Gasteiger partial charge on any atom is -0.393 e. The molecule has 0 atom stereocenters. The highest BCUT2D eigenvalue weighted by atomic mass is 16.3. The van der Waals surface area contributed by atoms with E-state index in [0.717, 1.165) is 42.5 Å². The van der Waals surface area contributed by atoms with Crippen LogP contribution in [0.5, 0.6) is 0 Å². The van der Waals surface area contributed by atoms with E-state index in [1.807, 2.05) is 17.7 Å². The zero-order valence-corrected chi connectivity index (χ0v) is 12.9. The lowest BCUT2D eigenvalue weighted by molar-refractivity contribution is 0.109. The van der Waals surface area contributed by atoms with Crippen molar-refractivity contribution < 1.29 is 5.11 Å². The molecule has 8 heteroatoms. The van der Waals surface area contributed by atoms with Gasteiger partial charge in [0.1, 0.15) is 5.52 Å². The van der Waals surface area contributed by atoms with Gasteiger partial charge in [-0.2, -0.15) is 10.2 Å². The minimum absolute atomic E-state index is 0.181. The fraction of sp³-hybridized carbons (Fsp3) is 0.467. The second-order valence-corrected chi connectivity index (χ2v) is 6.08. The van der Waals surface area contributed by atoms with Crippen LogP contribution >= 0.6 is 0 Å². The Morgan fingerprint density at radius 1 is 1.22 bits per heavy atom. The van der Waals surface area contributed by atoms with Crippen molar-refractivity contribution in [2.75, 3.05) is 5.32 Å². The molecule has 1 fully saturated rings. The standard InChI is InChI=1S/C15H19N7O/c1-9-6-13(21-20-9)18-14-8-16-12-7-17-22(15(12)19-14)10-2-4-11(23)5-3-10/h6-8,10-11,23H,2-5H2,1H3,(H2,18,19,20,21). The van der Waals surface area contributed by atoms with Crippen LogP contribution < -0.4 is 5.32 Å². The van der Waals surface area contributed by atoms with Crippen LogP contribution in [-0.4, -0.2) is 41.2 Å². The van der Waals surface area contributed by atoms with Crippen LogP contribution in [0.2, 0.25) is 0 Å². The maximum absolute atomic E-state index is 9.67. The predicted octanol–water partition coefficient (Wildman–Crippen LogP) is 2.08. The van der Waals surface area contributed by atoms with Crippen LogP contribution in [0.15, 0.2) is 18.5 Å². The maximum atomic E-state index is 9.67. The normalized spacial score (nSPS) is 21.7. The summed E-state index contributed by atoms with van der Waals surface area (Å²) in [7, 11) is 0. The van der Waals surface area contributed by atoms with Gasteiger partial charge in [0.15, 0.2) is 17.3 Å². The lowest BCUT2D eigenvalue weighted by atomic mass is 9.93. The van der Waals surface area contributed by atoms with Gasteiger partial charge >= 0.3 is 0 Å². The average Bonchev–Trinajstić information content (AvgIpc) is 3.14. The molecule has 3 N–H and O–H groups in total. The van der Waals surface area contributed by atoms with Crippen molar-refractivity contribution in [2.45, 2.75) is 44.8 Å². The highest BCUT2D eigenvalue weighted by Crippen LogP contribution is 2.30. The van der Waals surface area contributed by atoms with Crippen LogP contribution in [0.25, 0.3) is 11.2 Å². The molecule has 0 bridgehead atoms. The number of aromatic nitrogens is 6. The lowest BCUT2D eigenvalue weighted by Crippen LogP contribution is -2.22. The molecule has 0 spiro atoms. The summed E-state index contributed by atoms with van der Waals surface area (Å²) in [4.78, 5) is 9.06. The Bertz CT molecular complexity index is 816. The Labute approximate surface area is 133 Å². The highest BCUT2D eigenvalue weighted by molar-refractivity contribution is 5.72. The van der Waals surface area contributed by atoms with Crippen LogP contribution in [0, 0.1) is 6.92 Å². The lowest BCUT2D eigenvalue weighted by Gasteiger charge is -2.25. The molecule has 0 amide bonds. The summed E-state index contributed by atoms with van der Waals surface area (Å²) in [6.07, 6.45) is 6.69. The van der Waals surface area contributed by atoms with Crippen molar-refractivity contribution in [1.82, 2.24) is 29.9 Å². The highest BCUT2D eigenvalue weighted by Gasteiger charge is 2.23. The zero-order valence-electron chi connectivity index (χ0n) is 12.9. The summed E-state index contributed by atoms with van der Waals surface area (Å²) in [5.74, 6) is 1.35. The Hall–Kier alpha value is -2.48. The van der Waals surface area contributed by atoms with E-state index in [-0.39, 0.29) is 12.1 Å². The summed E-state index contributed by atoms with van der Waals surface area (Å²) in [5, 5.41) is 24.3. The fourth-order valence-electron chi connectivity index (χ4n) is 3.06. The summed E-state index contributed by atoms with van der Waals surface area (Å²) in [5.41, 5.74) is 2.52. The molecule has 1 aliphatic rings. The number of nitrogens with zero attached hydrogens (tertiary/aromatic N) is 5. The quantitative estimate of drug-likeness (QED) is 0.684. The Balaban J connectivity index is 1.63. The molecule has 0 aliphatic heterocycles. The molecule has 3 aromatic heterocycles. The van der Waals surface area contributed by atoms with Crippen LogP contribution in [0.4, 0.5) is 11.6 Å². The SMILES string of the molecule is Cc1cc(Nc2cnc3cnn(C4CCC(O)CC4)c3n2)n[nH]1. The van der Waals surface area contributed by atoms with E-state index in [9.17, 15) is 5.11 Å². The van der Waals surface area contributed by atoms with Gasteiger partial charge in [-0.15, -0.1) is 0 Å². The number of nitrogens with one attached hydrogen (secondary N) is 2. The molecule has 3 aromatic rings. The number of H-pyrrole nitrogens is 1. The number of fused-ring (bicyclic) bond motifs is 1. The van der Waals surface area contributed by atoms with E-state index >= 15 is 0 Å². The second-order valence-electron chi connectivity index (χ2n) is 6.08. The van der Waals surface area contributed by atoms with Gasteiger partial charge < -0.3 is 10.4 Å². The number of aliphatic hydroxyl groups is 1. The first kappa shape index (κ1) is 14.1. The van der Waals surface area contributed by atoms with Gasteiger partial charge in [0.05, 0.1) is 24.5 Å². The second kappa shape index (κ2) is 5.62. The fourth-order valence-corrected chi connectivity index (χ4v) is 3.06. The summed E-state index contributed by atoms with van der Waals surface area (Å²) in [6.45, 7) is 1.94. The number of aromatic amines is 1. The molecule has 8 nitrogen and oxygen atoms in total. The van der Waals surface area contributed by atoms with Gasteiger partial charge in [-0.3, -0.25) is 5.10 Å². The van der Waals surface area contributed by atoms with E-state index in [0.29, 0.717) is 11.6 Å². The summed E-state index contributed by atoms with van der Waals surface area (Å²) < 4.78 is 1.94. The topological polar surface area (TPSA) is 105 Å². The van der Waals surface area contributed by atoms with Crippen molar-refractivity contribution in [3.63, 3.8) is 0 Å². The van der Waals surface area contributed by atoms with Crippen molar-refractivity contribution in [3.8, 4) is 0 Å². The summed E-state index contributed by atoms with van der Waals surface area (Å²) >= 11 is 0. The average molecular weight is 313 g/mol. The van der Waals surface area contributed by atoms with Gasteiger partial charge in [-0.1, -0.05) is 0 Å². The van der Waals surface area contributed by atoms with Gasteiger partial charge in [0, 0.05) is 11.8 Å². The van der Waals surface area contributed by atoms with Crippen LogP contribution in [-0.2, 0) is 0 Å². The first-order valence-electron chi connectivity index (χ1n) is 7.86. The van der Waals surface area contributed by atoms with E-state index in [4.69, 9.17) is 0 Å². The van der Waals surface area contributed by atoms with Crippen molar-refractivity contribution in [2.24, 2.45) is 0 Å². The largest absolute Gasteiger partial charge is 0.393 e. The Morgan fingerprint density at radius 2 is 2.04 bits per heavy atom. The third-order valence-corrected chi connectivity index (χ3v) is 4.28. The minimum atomic E-state index is -0.181. The van der Waals surface area contributed by atoms with E-state index in [1.165, 1.54) is 0 Å². The number of hydrogen-bond donors (Lipinski definition) is 3. The molecule has 120 valence electrons. The molecule has 0 saturated heterocycles. The molecule has 1 aliphatic carbocycles. The van der Waals surface area contributed by atoms with Crippen molar-refractivity contribution in [1.29, 1.82) is 0 Å². The van der Waals surface area contributed by atoms with Crippen molar-refractivity contribution >= 4 is 22.8 Å². The molecule has 0 aromatic carbocycles. The molecular formula is C15H19N7O. The maximum Gasteiger partial charge on any atom is 0.179 e. The van der Waals surface area contributed by atoms with Crippen molar-refractivity contribution in [3.05, 3.63) is 24.2 Å². The Morgan fingerprint density at radius 3 is 2.78 bits per heavy atom. The predicted molar refractivity (Wildman–Crippen MR) is 85.4 cm³/mol. The molecule has 4 rings (SSSR count). The third-order valence-electron chi connectivity index (χ3n) is 4.28. The van der Waals surface area contributed by atoms with Gasteiger partial charge in [-0.05, 0) is 32.6 Å². The van der Waals surface area contributed by atoms with Crippen LogP contribution in [0.3, 0.4) is 0 Å². The number of hydrogen-bond acceptors (Lipinski definition) is 6. The number of anilines is 2. The van der Waals surface area contributed by atoms with Gasteiger partial charge in [0.2, 0.25) is 0 Å². The molecule has 1 saturated carbocycles. The molecule has 0 radical (unpaired) electrons. The third kappa shape index (κ3) is 2.77. The first-order chi connectivity index (χ1) is 11.2. The Kier molecular flexibility index (Phi) is 3.45. The number of aryl methyl sites for hydroxylation is 1. The first-order valence-corrected chi connectivity index (χ1v) is 7.86. The van der Waals surface area contributed by atoms with Gasteiger partial charge in [-0.25, -0.2) is 14.6 Å². The van der Waals surface area contributed by atoms with E-state index in [1.54, 1.807) is 12.4 Å². The molecule has 23 heavy (non-hydrogen) atoms. The van der Waals surface area contributed by atoms with Gasteiger partial charge in [0.25, 0.3) is 0 Å². The monoisotopic (exact) mass is 313 g/mol. The molecule has 0 unspecified atom stereocenters. The number of rotatable bonds is 3. The molecule has 3 heterocycles. The number of aliphatic hydroxyl groups excluding tert-OH is 1. The van der Waals surface area contributed by atoms with E-state index in [2.05, 4.69) is 30.6 Å². The smallest absolute Gasteiger partial charge is 0.179 e. The zero-order chi connectivity index (χ0) is 15.8. The van der Waals surface area contributed by atoms with Crippen LogP contribution in [0.1, 0.15) is 37.4 Å².